The number of hydrogen-bond acceptors (Lipinski definition) is 4. The van der Waals surface area contributed by atoms with E-state index in [4.69, 9.17) is 4.74 Å². The van der Waals surface area contributed by atoms with Crippen LogP contribution in [0.1, 0.15) is 12.8 Å². The van der Waals surface area contributed by atoms with Gasteiger partial charge in [0.15, 0.2) is 0 Å². The molecule has 0 aliphatic carbocycles. The highest BCUT2D eigenvalue weighted by molar-refractivity contribution is 7.88. The van der Waals surface area contributed by atoms with Crippen LogP contribution in [0.5, 0.6) is 5.75 Å². The van der Waals surface area contributed by atoms with Crippen molar-refractivity contribution in [1.82, 2.24) is 10.0 Å². The zero-order valence-corrected chi connectivity index (χ0v) is 12.3. The second-order valence-electron chi connectivity index (χ2n) is 4.28. The molecule has 0 saturated carbocycles. The third-order valence-corrected chi connectivity index (χ3v) is 3.10. The van der Waals surface area contributed by atoms with Crippen molar-refractivity contribution in [2.45, 2.75) is 12.8 Å². The number of hydrogen-bond donors (Lipinski definition) is 2. The van der Waals surface area contributed by atoms with Crippen molar-refractivity contribution in [3.8, 4) is 5.75 Å². The Hall–Kier alpha value is -1.60. The first kappa shape index (κ1) is 16.5. The number of para-hydroxylation sites is 1. The Morgan fingerprint density at radius 3 is 2.55 bits per heavy atom. The summed E-state index contributed by atoms with van der Waals surface area (Å²) in [6.07, 6.45) is 2.04. The molecule has 20 heavy (non-hydrogen) atoms. The van der Waals surface area contributed by atoms with E-state index in [-0.39, 0.29) is 19.0 Å². The number of amides is 1. The van der Waals surface area contributed by atoms with Gasteiger partial charge < -0.3 is 10.1 Å². The highest BCUT2D eigenvalue weighted by atomic mass is 32.2. The zero-order chi connectivity index (χ0) is 14.8. The molecular weight excluding hydrogens is 280 g/mol. The molecule has 1 aromatic rings. The van der Waals surface area contributed by atoms with E-state index in [2.05, 4.69) is 10.0 Å². The number of carbonyl (C=O) groups is 1. The molecule has 0 heterocycles. The van der Waals surface area contributed by atoms with Crippen molar-refractivity contribution in [3.63, 3.8) is 0 Å². The van der Waals surface area contributed by atoms with Crippen molar-refractivity contribution < 1.29 is 17.9 Å². The molecule has 7 heteroatoms. The van der Waals surface area contributed by atoms with Gasteiger partial charge in [-0.1, -0.05) is 18.2 Å². The summed E-state index contributed by atoms with van der Waals surface area (Å²) in [5, 5.41) is 2.63. The van der Waals surface area contributed by atoms with Crippen LogP contribution in [0.2, 0.25) is 0 Å². The van der Waals surface area contributed by atoms with Crippen LogP contribution in [0.3, 0.4) is 0 Å². The Bertz CT molecular complexity index is 502. The Balaban J connectivity index is 2.03. The zero-order valence-electron chi connectivity index (χ0n) is 11.5. The molecule has 0 aliphatic heterocycles. The lowest BCUT2D eigenvalue weighted by molar-refractivity contribution is -0.121. The van der Waals surface area contributed by atoms with Gasteiger partial charge in [-0.25, -0.2) is 13.1 Å². The predicted octanol–water partition coefficient (Wildman–Crippen LogP) is 0.511. The largest absolute Gasteiger partial charge is 0.494 e. The van der Waals surface area contributed by atoms with Gasteiger partial charge in [0.05, 0.1) is 12.9 Å². The maximum atomic E-state index is 11.4. The van der Waals surface area contributed by atoms with Gasteiger partial charge in [0.25, 0.3) is 0 Å². The molecule has 112 valence electrons. The summed E-state index contributed by atoms with van der Waals surface area (Å²) >= 11 is 0. The summed E-state index contributed by atoms with van der Waals surface area (Å²) in [5.41, 5.74) is 0. The van der Waals surface area contributed by atoms with Crippen molar-refractivity contribution in [3.05, 3.63) is 30.3 Å². The van der Waals surface area contributed by atoms with Crippen LogP contribution in [0.25, 0.3) is 0 Å². The monoisotopic (exact) mass is 300 g/mol. The first-order chi connectivity index (χ1) is 9.47. The van der Waals surface area contributed by atoms with Gasteiger partial charge in [0.1, 0.15) is 5.75 Å². The fourth-order valence-corrected chi connectivity index (χ4v) is 1.94. The molecule has 0 bridgehead atoms. The van der Waals surface area contributed by atoms with Gasteiger partial charge in [-0.2, -0.15) is 0 Å². The summed E-state index contributed by atoms with van der Waals surface area (Å²) in [6.45, 7) is 0.954. The quantitative estimate of drug-likeness (QED) is 0.651. The SMILES string of the molecule is CS(=O)(=O)NCCNC(=O)CCCOc1ccccc1. The van der Waals surface area contributed by atoms with Crippen LogP contribution in [-0.4, -0.2) is 40.3 Å². The molecule has 0 aromatic heterocycles. The molecule has 1 amide bonds. The summed E-state index contributed by atoms with van der Waals surface area (Å²) in [4.78, 5) is 11.4. The molecule has 0 saturated heterocycles. The molecule has 2 N–H and O–H groups in total. The third-order valence-electron chi connectivity index (χ3n) is 2.37. The second kappa shape index (κ2) is 8.55. The summed E-state index contributed by atoms with van der Waals surface area (Å²) < 4.78 is 29.3. The molecule has 6 nitrogen and oxygen atoms in total. The molecule has 0 spiro atoms. The Kier molecular flexibility index (Phi) is 7.03. The Morgan fingerprint density at radius 2 is 1.90 bits per heavy atom. The molecule has 0 unspecified atom stereocenters. The van der Waals surface area contributed by atoms with E-state index in [0.29, 0.717) is 19.4 Å². The van der Waals surface area contributed by atoms with Crippen molar-refractivity contribution in [1.29, 1.82) is 0 Å². The molecule has 1 aromatic carbocycles. The normalized spacial score (nSPS) is 11.1. The van der Waals surface area contributed by atoms with Crippen LogP contribution in [0, 0.1) is 0 Å². The number of benzene rings is 1. The second-order valence-corrected chi connectivity index (χ2v) is 6.11. The van der Waals surface area contributed by atoms with Crippen molar-refractivity contribution in [2.75, 3.05) is 26.0 Å². The average Bonchev–Trinajstić information content (AvgIpc) is 2.40. The number of rotatable bonds is 9. The van der Waals surface area contributed by atoms with E-state index in [1.54, 1.807) is 0 Å². The first-order valence-corrected chi connectivity index (χ1v) is 8.26. The summed E-state index contributed by atoms with van der Waals surface area (Å²) in [5.74, 6) is 0.669. The molecular formula is C13H20N2O4S. The highest BCUT2D eigenvalue weighted by Gasteiger charge is 2.02. The molecule has 1 rings (SSSR count). The van der Waals surface area contributed by atoms with Crippen molar-refractivity contribution in [2.24, 2.45) is 0 Å². The molecule has 0 radical (unpaired) electrons. The minimum absolute atomic E-state index is 0.114. The van der Waals surface area contributed by atoms with Gasteiger partial charge in [-0.3, -0.25) is 4.79 Å². The van der Waals surface area contributed by atoms with Crippen LogP contribution in [0.4, 0.5) is 0 Å². The lowest BCUT2D eigenvalue weighted by atomic mass is 10.3. The van der Waals surface area contributed by atoms with Crippen LogP contribution in [0.15, 0.2) is 30.3 Å². The van der Waals surface area contributed by atoms with E-state index in [1.807, 2.05) is 30.3 Å². The van der Waals surface area contributed by atoms with Gasteiger partial charge in [-0.05, 0) is 18.6 Å². The minimum atomic E-state index is -3.19. The van der Waals surface area contributed by atoms with E-state index in [9.17, 15) is 13.2 Å². The van der Waals surface area contributed by atoms with Crippen LogP contribution < -0.4 is 14.8 Å². The molecule has 0 atom stereocenters. The summed E-state index contributed by atoms with van der Waals surface area (Å²) in [6, 6.07) is 9.40. The maximum absolute atomic E-state index is 11.4. The standard InChI is InChI=1S/C13H20N2O4S/c1-20(17,18)15-10-9-14-13(16)8-5-11-19-12-6-3-2-4-7-12/h2-4,6-7,15H,5,8-11H2,1H3,(H,14,16). The Morgan fingerprint density at radius 1 is 1.20 bits per heavy atom. The number of sulfonamides is 1. The number of nitrogens with one attached hydrogen (secondary N) is 2. The van der Waals surface area contributed by atoms with Gasteiger partial charge in [0, 0.05) is 19.5 Å². The van der Waals surface area contributed by atoms with Crippen LogP contribution >= 0.6 is 0 Å². The lowest BCUT2D eigenvalue weighted by Crippen LogP contribution is -2.34. The van der Waals surface area contributed by atoms with E-state index in [0.717, 1.165) is 12.0 Å². The van der Waals surface area contributed by atoms with Gasteiger partial charge in [-0.15, -0.1) is 0 Å². The average molecular weight is 300 g/mol. The number of ether oxygens (including phenoxy) is 1. The van der Waals surface area contributed by atoms with E-state index >= 15 is 0 Å². The predicted molar refractivity (Wildman–Crippen MR) is 77.0 cm³/mol. The van der Waals surface area contributed by atoms with Gasteiger partial charge in [0.2, 0.25) is 15.9 Å². The van der Waals surface area contributed by atoms with E-state index < -0.39 is 10.0 Å². The highest BCUT2D eigenvalue weighted by Crippen LogP contribution is 2.08. The fourth-order valence-electron chi connectivity index (χ4n) is 1.47. The Labute approximate surface area is 119 Å². The van der Waals surface area contributed by atoms with E-state index in [1.165, 1.54) is 0 Å². The smallest absolute Gasteiger partial charge is 0.220 e. The molecule has 0 aliphatic rings. The first-order valence-electron chi connectivity index (χ1n) is 6.36. The fraction of sp³-hybridized carbons (Fsp3) is 0.462. The molecule has 0 fully saturated rings. The van der Waals surface area contributed by atoms with Crippen molar-refractivity contribution >= 4 is 15.9 Å². The third kappa shape index (κ3) is 8.49. The maximum Gasteiger partial charge on any atom is 0.220 e. The van der Waals surface area contributed by atoms with Crippen LogP contribution in [-0.2, 0) is 14.8 Å². The summed E-state index contributed by atoms with van der Waals surface area (Å²) in [7, 11) is -3.19. The minimum Gasteiger partial charge on any atom is -0.494 e. The number of carbonyl (C=O) groups excluding carboxylic acids is 1. The van der Waals surface area contributed by atoms with Gasteiger partial charge >= 0.3 is 0 Å². The topological polar surface area (TPSA) is 84.5 Å². The lowest BCUT2D eigenvalue weighted by Gasteiger charge is -2.07.